The lowest BCUT2D eigenvalue weighted by atomic mass is 10.3. The van der Waals surface area contributed by atoms with Gasteiger partial charge in [0.15, 0.2) is 0 Å². The average molecular weight is 393 g/mol. The molecule has 0 spiro atoms. The molecule has 6 rings (SSSR count). The molecule has 0 amide bonds. The molecule has 0 atom stereocenters. The summed E-state index contributed by atoms with van der Waals surface area (Å²) in [5.41, 5.74) is 3.55. The van der Waals surface area contributed by atoms with Gasteiger partial charge in [-0.05, 0) is 24.3 Å². The molecule has 6 aromatic rings. The molecule has 9 nitrogen and oxygen atoms in total. The van der Waals surface area contributed by atoms with Crippen LogP contribution in [0.4, 0.5) is 0 Å². The van der Waals surface area contributed by atoms with Crippen molar-refractivity contribution in [1.29, 1.82) is 0 Å². The van der Waals surface area contributed by atoms with Crippen molar-refractivity contribution in [3.05, 3.63) is 92.8 Å². The highest BCUT2D eigenvalue weighted by Crippen LogP contribution is 2.05. The Bertz CT molecular complexity index is 1010. The van der Waals surface area contributed by atoms with Crippen LogP contribution >= 0.6 is 0 Å². The molecule has 0 saturated carbocycles. The first-order chi connectivity index (χ1) is 14.9. The van der Waals surface area contributed by atoms with Crippen molar-refractivity contribution in [3.8, 4) is 0 Å². The van der Waals surface area contributed by atoms with Crippen molar-refractivity contribution in [2.75, 3.05) is 0 Å². The molecule has 0 aromatic carbocycles. The molecule has 0 bridgehead atoms. The number of pyridine rings is 3. The van der Waals surface area contributed by atoms with Crippen LogP contribution in [-0.4, -0.2) is 44.9 Å². The minimum atomic E-state index is 0.838. The molecule has 144 valence electrons. The van der Waals surface area contributed by atoms with E-state index in [0.717, 1.165) is 32.8 Å². The largest absolute Gasteiger partial charge is 0.264 e. The molecular formula is C21H15N9. The minimum Gasteiger partial charge on any atom is -0.264 e. The van der Waals surface area contributed by atoms with E-state index in [9.17, 15) is 0 Å². The van der Waals surface area contributed by atoms with Gasteiger partial charge in [-0.2, -0.15) is 0 Å². The summed E-state index contributed by atoms with van der Waals surface area (Å²) in [7, 11) is 0. The van der Waals surface area contributed by atoms with Crippen LogP contribution in [0.15, 0.2) is 92.8 Å². The molecule has 6 heterocycles. The van der Waals surface area contributed by atoms with Crippen LogP contribution in [0, 0.1) is 0 Å². The lowest BCUT2D eigenvalue weighted by molar-refractivity contribution is 1.20. The van der Waals surface area contributed by atoms with Crippen molar-refractivity contribution in [1.82, 2.24) is 44.9 Å². The molecule has 0 radical (unpaired) electrons. The lowest BCUT2D eigenvalue weighted by Gasteiger charge is -1.90. The monoisotopic (exact) mass is 393 g/mol. The maximum atomic E-state index is 4.06. The lowest BCUT2D eigenvalue weighted by Crippen LogP contribution is -1.81. The van der Waals surface area contributed by atoms with Gasteiger partial charge in [0.05, 0.1) is 28.9 Å². The third-order valence-electron chi connectivity index (χ3n) is 3.89. The number of nitrogens with zero attached hydrogens (tertiary/aromatic N) is 9. The first kappa shape index (κ1) is 18.8. The second-order valence-electron chi connectivity index (χ2n) is 5.84. The van der Waals surface area contributed by atoms with E-state index in [1.807, 2.05) is 24.3 Å². The first-order valence-corrected chi connectivity index (χ1v) is 8.90. The molecule has 0 fully saturated rings. The van der Waals surface area contributed by atoms with Crippen molar-refractivity contribution < 1.29 is 0 Å². The maximum Gasteiger partial charge on any atom is 0.116 e. The Morgan fingerprint density at radius 1 is 0.400 bits per heavy atom. The van der Waals surface area contributed by atoms with Crippen LogP contribution in [0.3, 0.4) is 0 Å². The Kier molecular flexibility index (Phi) is 6.02. The average Bonchev–Trinajstić information content (AvgIpc) is 2.85. The van der Waals surface area contributed by atoms with E-state index < -0.39 is 0 Å². The third kappa shape index (κ3) is 4.84. The first-order valence-electron chi connectivity index (χ1n) is 8.90. The number of hydrogen-bond acceptors (Lipinski definition) is 9. The van der Waals surface area contributed by atoms with Crippen LogP contribution < -0.4 is 0 Å². The van der Waals surface area contributed by atoms with Crippen LogP contribution in [0.25, 0.3) is 32.8 Å². The summed E-state index contributed by atoms with van der Waals surface area (Å²) >= 11 is 0. The van der Waals surface area contributed by atoms with E-state index in [1.54, 1.807) is 49.6 Å². The molecule has 0 aliphatic carbocycles. The summed E-state index contributed by atoms with van der Waals surface area (Å²) in [6.07, 6.45) is 18.4. The Morgan fingerprint density at radius 3 is 1.83 bits per heavy atom. The number of fused-ring (bicyclic) bond motifs is 3. The van der Waals surface area contributed by atoms with Gasteiger partial charge in [0, 0.05) is 48.0 Å². The van der Waals surface area contributed by atoms with E-state index in [2.05, 4.69) is 44.9 Å². The van der Waals surface area contributed by atoms with Crippen molar-refractivity contribution in [2.45, 2.75) is 0 Å². The fourth-order valence-electron chi connectivity index (χ4n) is 2.47. The Hall–Kier alpha value is -4.53. The predicted octanol–water partition coefficient (Wildman–Crippen LogP) is 3.07. The van der Waals surface area contributed by atoms with Crippen LogP contribution in [0.1, 0.15) is 0 Å². The maximum absolute atomic E-state index is 4.06. The highest BCUT2D eigenvalue weighted by atomic mass is 14.8. The highest BCUT2D eigenvalue weighted by molar-refractivity contribution is 5.76. The van der Waals surface area contributed by atoms with Gasteiger partial charge in [-0.25, -0.2) is 29.9 Å². The topological polar surface area (TPSA) is 116 Å². The zero-order valence-electron chi connectivity index (χ0n) is 15.7. The Balaban J connectivity index is 0.000000109. The number of hydrogen-bond donors (Lipinski definition) is 0. The van der Waals surface area contributed by atoms with E-state index in [0.29, 0.717) is 0 Å². The fourth-order valence-corrected chi connectivity index (χ4v) is 2.47. The summed E-state index contributed by atoms with van der Waals surface area (Å²) < 4.78 is 0. The molecular weight excluding hydrogens is 378 g/mol. The quantitative estimate of drug-likeness (QED) is 0.384. The van der Waals surface area contributed by atoms with Gasteiger partial charge in [0.25, 0.3) is 0 Å². The van der Waals surface area contributed by atoms with Gasteiger partial charge < -0.3 is 0 Å². The molecule has 30 heavy (non-hydrogen) atoms. The van der Waals surface area contributed by atoms with Crippen LogP contribution in [-0.2, 0) is 0 Å². The second-order valence-corrected chi connectivity index (χ2v) is 5.84. The normalized spacial score (nSPS) is 10.0. The number of aromatic nitrogens is 9. The minimum absolute atomic E-state index is 0.838. The zero-order chi connectivity index (χ0) is 20.4. The van der Waals surface area contributed by atoms with Crippen molar-refractivity contribution >= 4 is 32.8 Å². The summed E-state index contributed by atoms with van der Waals surface area (Å²) in [4.78, 5) is 35.5. The zero-order valence-corrected chi connectivity index (χ0v) is 15.7. The van der Waals surface area contributed by atoms with Crippen molar-refractivity contribution in [3.63, 3.8) is 0 Å². The van der Waals surface area contributed by atoms with Gasteiger partial charge in [-0.15, -0.1) is 0 Å². The molecule has 0 saturated heterocycles. The van der Waals surface area contributed by atoms with Gasteiger partial charge in [0.2, 0.25) is 0 Å². The van der Waals surface area contributed by atoms with Crippen molar-refractivity contribution in [2.24, 2.45) is 0 Å². The summed E-state index contributed by atoms with van der Waals surface area (Å²) in [6.45, 7) is 0. The summed E-state index contributed by atoms with van der Waals surface area (Å²) in [5.74, 6) is 0. The molecule has 0 unspecified atom stereocenters. The van der Waals surface area contributed by atoms with Crippen LogP contribution in [0.2, 0.25) is 0 Å². The van der Waals surface area contributed by atoms with E-state index in [1.165, 1.54) is 19.0 Å². The standard InChI is InChI=1S/3C7H5N3/c1-2-8-3-6-4-9-5-10-7(1)6;1-2-8-4-7-6(1)3-9-5-10-7;1-2-6-7(9-3-1)4-8-5-10-6/h3*1-5H. The van der Waals surface area contributed by atoms with E-state index in [4.69, 9.17) is 0 Å². The molecule has 0 aliphatic rings. The van der Waals surface area contributed by atoms with Crippen LogP contribution in [0.5, 0.6) is 0 Å². The molecule has 6 aromatic heterocycles. The van der Waals surface area contributed by atoms with Gasteiger partial charge >= 0.3 is 0 Å². The van der Waals surface area contributed by atoms with Gasteiger partial charge in [-0.1, -0.05) is 0 Å². The molecule has 0 N–H and O–H groups in total. The summed E-state index contributed by atoms with van der Waals surface area (Å²) in [6, 6.07) is 7.51. The second kappa shape index (κ2) is 9.60. The van der Waals surface area contributed by atoms with E-state index >= 15 is 0 Å². The summed E-state index contributed by atoms with van der Waals surface area (Å²) in [5, 5.41) is 2.00. The van der Waals surface area contributed by atoms with Gasteiger partial charge in [0.1, 0.15) is 24.5 Å². The van der Waals surface area contributed by atoms with E-state index in [-0.39, 0.29) is 0 Å². The SMILES string of the molecule is c1cc2cncnc2cn1.c1cc2ncncc2cn1.c1cnc2cncnc2c1. The Labute approximate surface area is 171 Å². The molecule has 9 heteroatoms. The highest BCUT2D eigenvalue weighted by Gasteiger charge is 1.90. The number of rotatable bonds is 0. The van der Waals surface area contributed by atoms with Gasteiger partial charge in [-0.3, -0.25) is 15.0 Å². The molecule has 0 aliphatic heterocycles. The smallest absolute Gasteiger partial charge is 0.116 e. The Morgan fingerprint density at radius 2 is 1.03 bits per heavy atom. The third-order valence-corrected chi connectivity index (χ3v) is 3.89. The predicted molar refractivity (Wildman–Crippen MR) is 112 cm³/mol. The fraction of sp³-hybridized carbons (Fsp3) is 0.